The third kappa shape index (κ3) is 2.54. The largest absolute Gasteiger partial charge is 0.419 e. The van der Waals surface area contributed by atoms with Crippen LogP contribution in [0.1, 0.15) is 22.7 Å². The average molecular weight is 275 g/mol. The van der Waals surface area contributed by atoms with Gasteiger partial charge in [0.1, 0.15) is 5.82 Å². The van der Waals surface area contributed by atoms with Crippen LogP contribution in [0.5, 0.6) is 0 Å². The third-order valence-corrected chi connectivity index (χ3v) is 3.26. The second kappa shape index (κ2) is 4.70. The summed E-state index contributed by atoms with van der Waals surface area (Å²) in [6.45, 7) is 0. The number of halogens is 4. The Balaban J connectivity index is 2.42. The Kier molecular flexibility index (Phi) is 3.41. The van der Waals surface area contributed by atoms with Gasteiger partial charge in [-0.1, -0.05) is 6.07 Å². The standard InChI is InChI=1S/C12H9F4NS/c13-10-2-1-7(5-9(10)12(14,15)16)11(17)8-3-4-18-6-8/h1-6,11H,17H2. The molecule has 0 aliphatic rings. The average Bonchev–Trinajstić information content (AvgIpc) is 2.80. The molecule has 1 aromatic heterocycles. The van der Waals surface area contributed by atoms with Gasteiger partial charge in [-0.25, -0.2) is 4.39 Å². The van der Waals surface area contributed by atoms with E-state index in [1.165, 1.54) is 17.4 Å². The summed E-state index contributed by atoms with van der Waals surface area (Å²) in [6, 6.07) is 3.87. The summed E-state index contributed by atoms with van der Waals surface area (Å²) in [7, 11) is 0. The quantitative estimate of drug-likeness (QED) is 0.825. The van der Waals surface area contributed by atoms with E-state index in [-0.39, 0.29) is 5.56 Å². The SMILES string of the molecule is NC(c1ccsc1)c1ccc(F)c(C(F)(F)F)c1. The highest BCUT2D eigenvalue weighted by molar-refractivity contribution is 7.08. The smallest absolute Gasteiger partial charge is 0.320 e. The van der Waals surface area contributed by atoms with Gasteiger partial charge in [-0.05, 0) is 40.1 Å². The topological polar surface area (TPSA) is 26.0 Å². The summed E-state index contributed by atoms with van der Waals surface area (Å²) in [5, 5.41) is 3.53. The Morgan fingerprint density at radius 1 is 1.11 bits per heavy atom. The van der Waals surface area contributed by atoms with Gasteiger partial charge in [0, 0.05) is 0 Å². The van der Waals surface area contributed by atoms with Crippen molar-refractivity contribution >= 4 is 11.3 Å². The minimum absolute atomic E-state index is 0.238. The normalized spacial score (nSPS) is 13.6. The van der Waals surface area contributed by atoms with E-state index in [4.69, 9.17) is 5.73 Å². The Morgan fingerprint density at radius 2 is 1.83 bits per heavy atom. The molecule has 96 valence electrons. The lowest BCUT2D eigenvalue weighted by Crippen LogP contribution is -2.14. The fourth-order valence-electron chi connectivity index (χ4n) is 1.60. The van der Waals surface area contributed by atoms with Crippen LogP contribution >= 0.6 is 11.3 Å². The predicted octanol–water partition coefficient (Wildman–Crippen LogP) is 3.95. The lowest BCUT2D eigenvalue weighted by atomic mass is 10.00. The van der Waals surface area contributed by atoms with Crippen molar-refractivity contribution in [2.24, 2.45) is 5.73 Å². The van der Waals surface area contributed by atoms with E-state index in [1.807, 2.05) is 0 Å². The van der Waals surface area contributed by atoms with E-state index in [1.54, 1.807) is 16.8 Å². The molecule has 2 N–H and O–H groups in total. The van der Waals surface area contributed by atoms with Gasteiger partial charge in [0.15, 0.2) is 0 Å². The van der Waals surface area contributed by atoms with Crippen LogP contribution < -0.4 is 5.73 Å². The summed E-state index contributed by atoms with van der Waals surface area (Å²) < 4.78 is 50.8. The van der Waals surface area contributed by atoms with Crippen LogP contribution in [0.4, 0.5) is 17.6 Å². The fraction of sp³-hybridized carbons (Fsp3) is 0.167. The number of benzene rings is 1. The van der Waals surface area contributed by atoms with E-state index in [0.29, 0.717) is 5.56 Å². The van der Waals surface area contributed by atoms with Crippen molar-refractivity contribution in [1.29, 1.82) is 0 Å². The second-order valence-corrected chi connectivity index (χ2v) is 4.55. The molecule has 1 nitrogen and oxygen atoms in total. The maximum absolute atomic E-state index is 13.1. The van der Waals surface area contributed by atoms with Gasteiger partial charge in [-0.15, -0.1) is 0 Å². The molecule has 0 fully saturated rings. The molecular formula is C12H9F4NS. The lowest BCUT2D eigenvalue weighted by Gasteiger charge is -2.14. The molecule has 1 unspecified atom stereocenters. The zero-order valence-electron chi connectivity index (χ0n) is 9.04. The van der Waals surface area contributed by atoms with Crippen molar-refractivity contribution in [3.8, 4) is 0 Å². The van der Waals surface area contributed by atoms with E-state index >= 15 is 0 Å². The van der Waals surface area contributed by atoms with Gasteiger partial charge < -0.3 is 5.73 Å². The Morgan fingerprint density at radius 3 is 2.39 bits per heavy atom. The molecule has 1 aromatic carbocycles. The molecule has 0 saturated carbocycles. The molecule has 0 aliphatic heterocycles. The maximum Gasteiger partial charge on any atom is 0.419 e. The molecule has 0 radical (unpaired) electrons. The first-order valence-electron chi connectivity index (χ1n) is 5.04. The summed E-state index contributed by atoms with van der Waals surface area (Å²) in [4.78, 5) is 0. The molecule has 1 heterocycles. The van der Waals surface area contributed by atoms with Crippen molar-refractivity contribution in [3.63, 3.8) is 0 Å². The van der Waals surface area contributed by atoms with Gasteiger partial charge in [0.25, 0.3) is 0 Å². The van der Waals surface area contributed by atoms with E-state index in [2.05, 4.69) is 0 Å². The molecule has 0 spiro atoms. The van der Waals surface area contributed by atoms with Crippen LogP contribution in [0, 0.1) is 5.82 Å². The summed E-state index contributed by atoms with van der Waals surface area (Å²) in [6.07, 6.45) is -4.71. The molecule has 0 bridgehead atoms. The molecule has 2 rings (SSSR count). The minimum Gasteiger partial charge on any atom is -0.320 e. The maximum atomic E-state index is 13.1. The molecule has 1 atom stereocenters. The van der Waals surface area contributed by atoms with Crippen LogP contribution in [0.25, 0.3) is 0 Å². The second-order valence-electron chi connectivity index (χ2n) is 3.77. The molecule has 0 saturated heterocycles. The van der Waals surface area contributed by atoms with E-state index in [0.717, 1.165) is 12.1 Å². The van der Waals surface area contributed by atoms with Crippen molar-refractivity contribution in [2.75, 3.05) is 0 Å². The van der Waals surface area contributed by atoms with Gasteiger partial charge in [0.2, 0.25) is 0 Å². The van der Waals surface area contributed by atoms with Gasteiger partial charge in [-0.3, -0.25) is 0 Å². The van der Waals surface area contributed by atoms with Crippen LogP contribution in [-0.2, 0) is 6.18 Å². The van der Waals surface area contributed by atoms with Crippen LogP contribution in [0.15, 0.2) is 35.0 Å². The number of alkyl halides is 3. The summed E-state index contributed by atoms with van der Waals surface area (Å²) in [5.74, 6) is -1.29. The molecular weight excluding hydrogens is 266 g/mol. The zero-order chi connectivity index (χ0) is 13.3. The van der Waals surface area contributed by atoms with Gasteiger partial charge in [-0.2, -0.15) is 24.5 Å². The van der Waals surface area contributed by atoms with Crippen LogP contribution in [-0.4, -0.2) is 0 Å². The Bertz CT molecular complexity index is 534. The first-order valence-corrected chi connectivity index (χ1v) is 5.98. The first kappa shape index (κ1) is 13.0. The predicted molar refractivity (Wildman–Crippen MR) is 61.8 cm³/mol. The molecule has 6 heteroatoms. The minimum atomic E-state index is -4.71. The summed E-state index contributed by atoms with van der Waals surface area (Å²) >= 11 is 1.40. The third-order valence-electron chi connectivity index (χ3n) is 2.56. The fourth-order valence-corrected chi connectivity index (χ4v) is 2.29. The van der Waals surface area contributed by atoms with Crippen molar-refractivity contribution in [3.05, 3.63) is 57.5 Å². The zero-order valence-corrected chi connectivity index (χ0v) is 9.86. The summed E-state index contributed by atoms with van der Waals surface area (Å²) in [5.41, 5.74) is 5.50. The van der Waals surface area contributed by atoms with Crippen LogP contribution in [0.3, 0.4) is 0 Å². The molecule has 2 aromatic rings. The number of hydrogen-bond donors (Lipinski definition) is 1. The van der Waals surface area contributed by atoms with Gasteiger partial charge >= 0.3 is 6.18 Å². The molecule has 0 amide bonds. The monoisotopic (exact) mass is 275 g/mol. The number of rotatable bonds is 2. The van der Waals surface area contributed by atoms with Crippen LogP contribution in [0.2, 0.25) is 0 Å². The Hall–Kier alpha value is -1.40. The van der Waals surface area contributed by atoms with Crippen molar-refractivity contribution in [2.45, 2.75) is 12.2 Å². The van der Waals surface area contributed by atoms with Crippen molar-refractivity contribution < 1.29 is 17.6 Å². The van der Waals surface area contributed by atoms with E-state index < -0.39 is 23.6 Å². The van der Waals surface area contributed by atoms with E-state index in [9.17, 15) is 17.6 Å². The molecule has 0 aliphatic carbocycles. The van der Waals surface area contributed by atoms with Crippen molar-refractivity contribution in [1.82, 2.24) is 0 Å². The highest BCUT2D eigenvalue weighted by Gasteiger charge is 2.34. The first-order chi connectivity index (χ1) is 8.39. The number of hydrogen-bond acceptors (Lipinski definition) is 2. The number of nitrogens with two attached hydrogens (primary N) is 1. The Labute approximate surface area is 105 Å². The van der Waals surface area contributed by atoms with Gasteiger partial charge in [0.05, 0.1) is 11.6 Å². The highest BCUT2D eigenvalue weighted by atomic mass is 32.1. The highest BCUT2D eigenvalue weighted by Crippen LogP contribution is 2.33. The molecule has 18 heavy (non-hydrogen) atoms. The number of thiophene rings is 1. The lowest BCUT2D eigenvalue weighted by molar-refractivity contribution is -0.140.